The van der Waals surface area contributed by atoms with Gasteiger partial charge in [-0.1, -0.05) is 0 Å². The van der Waals surface area contributed by atoms with E-state index in [2.05, 4.69) is 19.9 Å². The van der Waals surface area contributed by atoms with Gasteiger partial charge >= 0.3 is 12.2 Å². The molecule has 0 spiro atoms. The quantitative estimate of drug-likeness (QED) is 0.800. The topological polar surface area (TPSA) is 136 Å². The standard InChI is InChI=1S/C15H22N6O4/c1-14(2,3)24-12(22)21(13(23)25-15(4,5)6)10-8-9(18-7-17-8)19-11(16)20-10/h7H,1-6H3,(H3,16,17,18,19,20). The Morgan fingerprint density at radius 2 is 1.56 bits per heavy atom. The molecular formula is C15H22N6O4. The van der Waals surface area contributed by atoms with Gasteiger partial charge in [0.15, 0.2) is 11.5 Å². The molecule has 0 aromatic carbocycles. The van der Waals surface area contributed by atoms with E-state index in [-0.39, 0.29) is 22.9 Å². The van der Waals surface area contributed by atoms with Crippen LogP contribution in [0.2, 0.25) is 0 Å². The molecule has 2 amide bonds. The molecule has 0 aliphatic heterocycles. The summed E-state index contributed by atoms with van der Waals surface area (Å²) in [6, 6.07) is 0. The van der Waals surface area contributed by atoms with E-state index < -0.39 is 23.4 Å². The first-order valence-electron chi connectivity index (χ1n) is 7.60. The van der Waals surface area contributed by atoms with Crippen LogP contribution in [0.5, 0.6) is 0 Å². The van der Waals surface area contributed by atoms with Gasteiger partial charge in [0.1, 0.15) is 16.7 Å². The smallest absolute Gasteiger partial charge is 0.425 e. The number of amides is 2. The molecule has 136 valence electrons. The molecule has 2 rings (SSSR count). The van der Waals surface area contributed by atoms with Crippen LogP contribution in [-0.4, -0.2) is 43.3 Å². The molecule has 10 heteroatoms. The minimum absolute atomic E-state index is 0.0940. The van der Waals surface area contributed by atoms with Crippen molar-refractivity contribution in [1.82, 2.24) is 19.9 Å². The molecular weight excluding hydrogens is 328 g/mol. The summed E-state index contributed by atoms with van der Waals surface area (Å²) in [5.74, 6) is -0.241. The number of nitrogens with one attached hydrogen (secondary N) is 1. The Morgan fingerprint density at radius 1 is 1.04 bits per heavy atom. The predicted molar refractivity (Wildman–Crippen MR) is 91.0 cm³/mol. The number of hydrogen-bond donors (Lipinski definition) is 2. The summed E-state index contributed by atoms with van der Waals surface area (Å²) >= 11 is 0. The predicted octanol–water partition coefficient (Wildman–Crippen LogP) is 2.61. The van der Waals surface area contributed by atoms with E-state index in [1.54, 1.807) is 41.5 Å². The summed E-state index contributed by atoms with van der Waals surface area (Å²) < 4.78 is 10.6. The van der Waals surface area contributed by atoms with Crippen molar-refractivity contribution in [2.24, 2.45) is 0 Å². The molecule has 2 aromatic rings. The zero-order valence-corrected chi connectivity index (χ0v) is 15.1. The fraction of sp³-hybridized carbons (Fsp3) is 0.533. The number of carbonyl (C=O) groups is 2. The van der Waals surface area contributed by atoms with Crippen LogP contribution in [0.25, 0.3) is 11.2 Å². The summed E-state index contributed by atoms with van der Waals surface area (Å²) in [6.07, 6.45) is -0.545. The first kappa shape index (κ1) is 18.4. The Labute approximate surface area is 144 Å². The van der Waals surface area contributed by atoms with Gasteiger partial charge < -0.3 is 20.2 Å². The van der Waals surface area contributed by atoms with Crippen LogP contribution < -0.4 is 10.6 Å². The maximum Gasteiger partial charge on any atom is 0.425 e. The number of aromatic nitrogens is 4. The molecule has 25 heavy (non-hydrogen) atoms. The first-order valence-corrected chi connectivity index (χ1v) is 7.60. The van der Waals surface area contributed by atoms with E-state index in [1.807, 2.05) is 0 Å². The number of anilines is 2. The largest absolute Gasteiger partial charge is 0.443 e. The van der Waals surface area contributed by atoms with Crippen LogP contribution in [0.1, 0.15) is 41.5 Å². The van der Waals surface area contributed by atoms with Crippen molar-refractivity contribution in [2.75, 3.05) is 10.6 Å². The third-order valence-electron chi connectivity index (χ3n) is 2.65. The maximum atomic E-state index is 12.6. The van der Waals surface area contributed by atoms with E-state index in [1.165, 1.54) is 6.33 Å². The van der Waals surface area contributed by atoms with E-state index in [4.69, 9.17) is 15.2 Å². The Balaban J connectivity index is 2.55. The van der Waals surface area contributed by atoms with Crippen LogP contribution in [0, 0.1) is 0 Å². The molecule has 0 unspecified atom stereocenters. The van der Waals surface area contributed by atoms with Gasteiger partial charge in [-0.3, -0.25) is 0 Å². The fourth-order valence-corrected chi connectivity index (χ4v) is 1.86. The third kappa shape index (κ3) is 4.55. The highest BCUT2D eigenvalue weighted by molar-refractivity contribution is 6.12. The highest BCUT2D eigenvalue weighted by atomic mass is 16.6. The Morgan fingerprint density at radius 3 is 2.04 bits per heavy atom. The molecule has 2 heterocycles. The van der Waals surface area contributed by atoms with Crippen LogP contribution in [0.15, 0.2) is 6.33 Å². The van der Waals surface area contributed by atoms with Crippen molar-refractivity contribution in [3.63, 3.8) is 0 Å². The lowest BCUT2D eigenvalue weighted by Crippen LogP contribution is -2.44. The number of imide groups is 1. The molecule has 0 atom stereocenters. The monoisotopic (exact) mass is 350 g/mol. The number of hydrogen-bond acceptors (Lipinski definition) is 8. The lowest BCUT2D eigenvalue weighted by atomic mass is 10.2. The number of H-pyrrole nitrogens is 1. The van der Waals surface area contributed by atoms with Gasteiger partial charge in [-0.25, -0.2) is 14.6 Å². The van der Waals surface area contributed by atoms with E-state index in [0.29, 0.717) is 4.90 Å². The van der Waals surface area contributed by atoms with Crippen molar-refractivity contribution < 1.29 is 19.1 Å². The van der Waals surface area contributed by atoms with Crippen LogP contribution in [0.4, 0.5) is 21.4 Å². The minimum atomic E-state index is -0.948. The SMILES string of the molecule is CC(C)(C)OC(=O)N(C(=O)OC(C)(C)C)c1nc(N)nc2nc[nH]c12. The van der Waals surface area contributed by atoms with Crippen LogP contribution in [0.3, 0.4) is 0 Å². The number of nitrogens with zero attached hydrogens (tertiary/aromatic N) is 4. The molecule has 3 N–H and O–H groups in total. The van der Waals surface area contributed by atoms with Gasteiger partial charge in [-0.05, 0) is 41.5 Å². The normalized spacial score (nSPS) is 12.1. The fourth-order valence-electron chi connectivity index (χ4n) is 1.86. The van der Waals surface area contributed by atoms with Crippen molar-refractivity contribution in [2.45, 2.75) is 52.7 Å². The number of imidazole rings is 1. The highest BCUT2D eigenvalue weighted by Gasteiger charge is 2.35. The average Bonchev–Trinajstić information content (AvgIpc) is 2.82. The highest BCUT2D eigenvalue weighted by Crippen LogP contribution is 2.26. The molecule has 0 bridgehead atoms. The Hall–Kier alpha value is -2.91. The molecule has 0 aliphatic carbocycles. The molecule has 0 saturated heterocycles. The van der Waals surface area contributed by atoms with Crippen molar-refractivity contribution in [3.05, 3.63) is 6.33 Å². The summed E-state index contributed by atoms with van der Waals surface area (Å²) in [5, 5.41) is 0. The summed E-state index contributed by atoms with van der Waals surface area (Å²) in [6.45, 7) is 10.1. The Bertz CT molecular complexity index is 774. The van der Waals surface area contributed by atoms with Gasteiger partial charge in [-0.2, -0.15) is 14.9 Å². The first-order chi connectivity index (χ1) is 11.4. The number of ether oxygens (including phenoxy) is 2. The number of rotatable bonds is 1. The molecule has 0 saturated carbocycles. The second-order valence-corrected chi connectivity index (χ2v) is 7.30. The zero-order valence-electron chi connectivity index (χ0n) is 15.1. The number of nitrogens with two attached hydrogens (primary N) is 1. The Kier molecular flexibility index (Phi) is 4.56. The van der Waals surface area contributed by atoms with Crippen molar-refractivity contribution in [3.8, 4) is 0 Å². The van der Waals surface area contributed by atoms with Gasteiger partial charge in [0, 0.05) is 0 Å². The minimum Gasteiger partial charge on any atom is -0.443 e. The molecule has 0 aliphatic rings. The van der Waals surface area contributed by atoms with E-state index in [0.717, 1.165) is 0 Å². The second kappa shape index (κ2) is 6.19. The molecule has 2 aromatic heterocycles. The van der Waals surface area contributed by atoms with Gasteiger partial charge in [0.2, 0.25) is 5.95 Å². The van der Waals surface area contributed by atoms with E-state index in [9.17, 15) is 9.59 Å². The second-order valence-electron chi connectivity index (χ2n) is 7.30. The van der Waals surface area contributed by atoms with Crippen molar-refractivity contribution in [1.29, 1.82) is 0 Å². The van der Waals surface area contributed by atoms with Crippen molar-refractivity contribution >= 4 is 35.1 Å². The van der Waals surface area contributed by atoms with Crippen LogP contribution in [-0.2, 0) is 9.47 Å². The van der Waals surface area contributed by atoms with Gasteiger partial charge in [-0.15, -0.1) is 0 Å². The zero-order chi connectivity index (χ0) is 19.0. The summed E-state index contributed by atoms with van der Waals surface area (Å²) in [4.78, 5) is 40.6. The van der Waals surface area contributed by atoms with E-state index >= 15 is 0 Å². The number of nitrogen functional groups attached to an aromatic ring is 1. The number of aromatic amines is 1. The van der Waals surface area contributed by atoms with Crippen LogP contribution >= 0.6 is 0 Å². The van der Waals surface area contributed by atoms with Gasteiger partial charge in [0.05, 0.1) is 6.33 Å². The summed E-state index contributed by atoms with van der Waals surface area (Å²) in [7, 11) is 0. The molecule has 0 fully saturated rings. The van der Waals surface area contributed by atoms with Gasteiger partial charge in [0.25, 0.3) is 0 Å². The molecule has 10 nitrogen and oxygen atoms in total. The maximum absolute atomic E-state index is 12.6. The summed E-state index contributed by atoms with van der Waals surface area (Å²) in [5.41, 5.74) is 4.47. The third-order valence-corrected chi connectivity index (χ3v) is 2.65. The average molecular weight is 350 g/mol. The molecule has 0 radical (unpaired) electrons. The lowest BCUT2D eigenvalue weighted by Gasteiger charge is -2.28. The number of carbonyl (C=O) groups excluding carboxylic acids is 2. The number of fused-ring (bicyclic) bond motifs is 1. The lowest BCUT2D eigenvalue weighted by molar-refractivity contribution is 0.0429.